The molecule has 6 heterocycles. The molecule has 3 aliphatic heterocycles. The van der Waals surface area contributed by atoms with Crippen LogP contribution in [0.15, 0.2) is 121 Å². The first-order valence-electron chi connectivity index (χ1n) is 43.2. The van der Waals surface area contributed by atoms with E-state index in [1.54, 1.807) is 0 Å². The number of aromatic nitrogens is 6. The van der Waals surface area contributed by atoms with Gasteiger partial charge in [-0.25, -0.2) is 29.9 Å². The molecule has 14 heteroatoms. The summed E-state index contributed by atoms with van der Waals surface area (Å²) in [5.74, 6) is 2.76. The van der Waals surface area contributed by atoms with E-state index >= 15 is 0 Å². The number of unbranched alkanes of at least 4 members (excludes halogenated alkanes) is 32. The maximum Gasteiger partial charge on any atom is 0.284 e. The molecule has 1 aliphatic carbocycles. The lowest BCUT2D eigenvalue weighted by Gasteiger charge is -2.30. The quantitative estimate of drug-likeness (QED) is 0.0347. The number of nitrogens with zero attached hydrogens (tertiary/aromatic N) is 6. The Kier molecular flexibility index (Phi) is 27.4. The van der Waals surface area contributed by atoms with Crippen LogP contribution < -0.4 is 28.4 Å². The molecule has 0 radical (unpaired) electrons. The highest BCUT2D eigenvalue weighted by Crippen LogP contribution is 2.58. The SMILES string of the molecule is CCCCCCCCCCCC1c2cc3c(cc2O)Oc2nc4ccccc4nc2Oc2cc4c(cc2C3CCCCCCCCCCC)C(CCCCCCCCCCC)c2cc3c(cc2Oc2nc5ccccc5nc2O4)Oc2nc4ccccc4nc2Oc2cc(O)c1cc2C3CCCCCCCCCCC. The van der Waals surface area contributed by atoms with Gasteiger partial charge in [0.2, 0.25) is 0 Å². The zero-order valence-electron chi connectivity index (χ0n) is 66.2. The number of phenols is 2. The molecule has 3 aromatic heterocycles. The van der Waals surface area contributed by atoms with Gasteiger partial charge in [-0.3, -0.25) is 0 Å². The Balaban J connectivity index is 1.04. The van der Waals surface area contributed by atoms with Crippen LogP contribution in [0.2, 0.25) is 0 Å². The minimum atomic E-state index is -0.495. The highest BCUT2D eigenvalue weighted by Gasteiger charge is 2.39. The number of benzene rings is 7. The maximum absolute atomic E-state index is 13.4. The maximum atomic E-state index is 13.4. The molecule has 0 amide bonds. The van der Waals surface area contributed by atoms with Crippen LogP contribution in [0.5, 0.6) is 81.3 Å². The first-order chi connectivity index (χ1) is 54.2. The minimum Gasteiger partial charge on any atom is -0.508 e. The Morgan fingerprint density at radius 1 is 0.218 bits per heavy atom. The van der Waals surface area contributed by atoms with Gasteiger partial charge in [0.1, 0.15) is 46.0 Å². The number of rotatable bonds is 40. The van der Waals surface area contributed by atoms with Gasteiger partial charge < -0.3 is 38.6 Å². The predicted molar refractivity (Wildman–Crippen MR) is 443 cm³/mol. The van der Waals surface area contributed by atoms with Crippen LogP contribution in [0.1, 0.15) is 353 Å². The Morgan fingerprint density at radius 3 is 0.600 bits per heavy atom. The number of hydrogen-bond donors (Lipinski definition) is 2. The van der Waals surface area contributed by atoms with Crippen molar-refractivity contribution >= 4 is 33.1 Å². The minimum absolute atomic E-state index is 0.0666. The zero-order valence-corrected chi connectivity index (χ0v) is 66.2. The van der Waals surface area contributed by atoms with Gasteiger partial charge in [-0.05, 0) is 86.3 Å². The summed E-state index contributed by atoms with van der Waals surface area (Å²) in [5.41, 5.74) is 10.8. The zero-order chi connectivity index (χ0) is 75.4. The van der Waals surface area contributed by atoms with Crippen LogP contribution >= 0.6 is 0 Å². The Bertz CT molecular complexity index is 4440. The summed E-state index contributed by atoms with van der Waals surface area (Å²) in [4.78, 5) is 31.6. The van der Waals surface area contributed by atoms with Crippen molar-refractivity contribution in [3.63, 3.8) is 0 Å². The van der Waals surface area contributed by atoms with Crippen molar-refractivity contribution in [1.82, 2.24) is 29.9 Å². The molecule has 0 spiro atoms. The Morgan fingerprint density at radius 2 is 0.391 bits per heavy atom. The summed E-state index contributed by atoms with van der Waals surface area (Å²) in [6, 6.07) is 40.5. The van der Waals surface area contributed by atoms with Gasteiger partial charge >= 0.3 is 0 Å². The third kappa shape index (κ3) is 18.9. The summed E-state index contributed by atoms with van der Waals surface area (Å²) in [6.45, 7) is 9.13. The summed E-state index contributed by atoms with van der Waals surface area (Å²) >= 11 is 0. The molecule has 8 bridgehead atoms. The van der Waals surface area contributed by atoms with Crippen molar-refractivity contribution in [2.75, 3.05) is 0 Å². The van der Waals surface area contributed by atoms with Crippen molar-refractivity contribution in [2.45, 2.75) is 308 Å². The van der Waals surface area contributed by atoms with E-state index in [1.807, 2.05) is 84.9 Å². The summed E-state index contributed by atoms with van der Waals surface area (Å²) in [7, 11) is 0. The fourth-order valence-corrected chi connectivity index (χ4v) is 17.6. The summed E-state index contributed by atoms with van der Waals surface area (Å²) < 4.78 is 44.7. The van der Waals surface area contributed by atoms with Crippen molar-refractivity contribution in [3.05, 3.63) is 166 Å². The Hall–Kier alpha value is -9.04. The van der Waals surface area contributed by atoms with Crippen molar-refractivity contribution < 1.29 is 38.6 Å². The van der Waals surface area contributed by atoms with Crippen molar-refractivity contribution in [1.29, 1.82) is 0 Å². The number of ether oxygens (including phenoxy) is 6. The lowest BCUT2D eigenvalue weighted by molar-refractivity contribution is 0.381. The highest BCUT2D eigenvalue weighted by molar-refractivity contribution is 5.79. The van der Waals surface area contributed by atoms with Crippen molar-refractivity contribution in [2.24, 2.45) is 0 Å². The summed E-state index contributed by atoms with van der Waals surface area (Å²) in [6.07, 6.45) is 44.7. The molecule has 14 rings (SSSR count). The number of aromatic hydroxyl groups is 2. The normalized spacial score (nSPS) is 15.8. The van der Waals surface area contributed by atoms with Gasteiger partial charge in [0, 0.05) is 92.4 Å². The fraction of sp³-hybridized carbons (Fsp3) is 0.500. The largest absolute Gasteiger partial charge is 0.508 e. The highest BCUT2D eigenvalue weighted by atomic mass is 16.6. The predicted octanol–water partition coefficient (Wildman–Crippen LogP) is 29.1. The number of fused-ring (bicyclic) bond motifs is 8. The van der Waals surface area contributed by atoms with Gasteiger partial charge in [0.15, 0.2) is 0 Å². The van der Waals surface area contributed by atoms with Crippen LogP contribution in [-0.4, -0.2) is 40.1 Å². The van der Waals surface area contributed by atoms with Crippen molar-refractivity contribution in [3.8, 4) is 81.3 Å². The molecule has 0 fully saturated rings. The van der Waals surface area contributed by atoms with E-state index in [-0.39, 0.29) is 64.5 Å². The molecule has 580 valence electrons. The lowest BCUT2D eigenvalue weighted by Crippen LogP contribution is -2.13. The third-order valence-corrected chi connectivity index (χ3v) is 23.8. The standard InChI is InChI=1S/C96H118N6O8/c1-5-9-13-17-21-25-29-33-37-47-65-69-57-71-66(48-38-34-30-26-22-18-14-10-6-2)73-59-75-68(50-40-36-32-28-24-20-16-12-8-4)76-60-74-67(49-39-35-31-27-23-19-15-11-7-3)72-58-70(65)84(104)62-86(72)106-92-94(100-80-54-44-42-52-78(80)98-92)108-88(74)64-90(76)110-96-95(101-81-55-45-46-56-82(81)102-96)109-89(75)63-87(73)107-93-91(105-85(71)61-83(69)103)97-77-51-41-43-53-79(77)99-93/h41-46,51-68,103-104H,5-40,47-50H2,1-4H3. The molecule has 2 unspecified atom stereocenters. The average Bonchev–Trinajstić information content (AvgIpc) is 1.53. The van der Waals surface area contributed by atoms with Crippen LogP contribution in [0.3, 0.4) is 0 Å². The number of phenolic OH excluding ortho intramolecular Hbond substituents is 2. The van der Waals surface area contributed by atoms with E-state index in [0.717, 1.165) is 130 Å². The van der Waals surface area contributed by atoms with E-state index in [1.165, 1.54) is 154 Å². The van der Waals surface area contributed by atoms with E-state index in [9.17, 15) is 10.2 Å². The van der Waals surface area contributed by atoms with Gasteiger partial charge in [0.25, 0.3) is 35.3 Å². The summed E-state index contributed by atoms with van der Waals surface area (Å²) in [5, 5.41) is 26.8. The van der Waals surface area contributed by atoms with Gasteiger partial charge in [-0.2, -0.15) is 0 Å². The fourth-order valence-electron chi connectivity index (χ4n) is 17.6. The first-order valence-corrected chi connectivity index (χ1v) is 43.2. The second kappa shape index (κ2) is 38.7. The van der Waals surface area contributed by atoms with E-state index in [4.69, 9.17) is 58.3 Å². The number of hydrogen-bond acceptors (Lipinski definition) is 14. The van der Waals surface area contributed by atoms with Crippen LogP contribution in [-0.2, 0) is 0 Å². The molecular formula is C96H118N6O8. The van der Waals surface area contributed by atoms with E-state index < -0.39 is 5.92 Å². The van der Waals surface area contributed by atoms with Gasteiger partial charge in [0.05, 0.1) is 33.1 Å². The number of para-hydroxylation sites is 6. The Labute approximate surface area is 653 Å². The van der Waals surface area contributed by atoms with Crippen LogP contribution in [0, 0.1) is 0 Å². The monoisotopic (exact) mass is 1480 g/mol. The van der Waals surface area contributed by atoms with Gasteiger partial charge in [-0.15, -0.1) is 0 Å². The molecule has 110 heavy (non-hydrogen) atoms. The average molecular weight is 1480 g/mol. The second-order valence-corrected chi connectivity index (χ2v) is 32.0. The molecule has 4 aliphatic rings. The lowest BCUT2D eigenvalue weighted by atomic mass is 9.76. The molecule has 0 saturated carbocycles. The smallest absolute Gasteiger partial charge is 0.284 e. The molecule has 0 saturated heterocycles. The third-order valence-electron chi connectivity index (χ3n) is 23.8. The topological polar surface area (TPSA) is 173 Å². The molecule has 2 N–H and O–H groups in total. The van der Waals surface area contributed by atoms with E-state index in [2.05, 4.69) is 64.1 Å². The second-order valence-electron chi connectivity index (χ2n) is 32.0. The first kappa shape index (κ1) is 77.7. The van der Waals surface area contributed by atoms with Gasteiger partial charge in [-0.1, -0.05) is 295 Å². The molecule has 7 aromatic carbocycles. The molecule has 2 atom stereocenters. The van der Waals surface area contributed by atoms with E-state index in [0.29, 0.717) is 85.1 Å². The molecular weight excluding hydrogens is 1370 g/mol. The van der Waals surface area contributed by atoms with Crippen LogP contribution in [0.25, 0.3) is 33.1 Å². The molecule has 10 aromatic rings. The van der Waals surface area contributed by atoms with Crippen LogP contribution in [0.4, 0.5) is 0 Å². The molecule has 14 nitrogen and oxygen atoms in total.